The van der Waals surface area contributed by atoms with E-state index in [1.807, 2.05) is 12.1 Å². The van der Waals surface area contributed by atoms with Crippen LogP contribution in [0.4, 0.5) is 0 Å². The van der Waals surface area contributed by atoms with E-state index >= 15 is 0 Å². The van der Waals surface area contributed by atoms with Gasteiger partial charge in [0.2, 0.25) is 8.32 Å². The predicted octanol–water partition coefficient (Wildman–Crippen LogP) is 4.00. The van der Waals surface area contributed by atoms with Crippen LogP contribution < -0.4 is 9.16 Å². The van der Waals surface area contributed by atoms with Crippen molar-refractivity contribution >= 4 is 14.3 Å². The number of ether oxygens (including phenoxy) is 1. The zero-order chi connectivity index (χ0) is 13.6. The van der Waals surface area contributed by atoms with Crippen LogP contribution >= 0.6 is 0 Å². The lowest BCUT2D eigenvalue weighted by Gasteiger charge is -2.29. The minimum Gasteiger partial charge on any atom is -0.543 e. The first-order valence-electron chi connectivity index (χ1n) is 6.52. The van der Waals surface area contributed by atoms with Crippen molar-refractivity contribution in [2.75, 3.05) is 0 Å². The third-order valence-electron chi connectivity index (χ3n) is 3.33. The van der Waals surface area contributed by atoms with Gasteiger partial charge in [-0.2, -0.15) is 0 Å². The van der Waals surface area contributed by atoms with Crippen LogP contribution in [0.3, 0.4) is 0 Å². The summed E-state index contributed by atoms with van der Waals surface area (Å²) in [6, 6.07) is 10.6. The van der Waals surface area contributed by atoms with Gasteiger partial charge in [-0.05, 0) is 30.3 Å². The molecule has 0 spiro atoms. The highest BCUT2D eigenvalue weighted by Crippen LogP contribution is 2.27. The number of benzene rings is 1. The molecule has 0 aliphatic carbocycles. The summed E-state index contributed by atoms with van der Waals surface area (Å²) in [4.78, 5) is 10.9. The monoisotopic (exact) mass is 266 g/mol. The molecule has 0 atom stereocenters. The fourth-order valence-corrected chi connectivity index (χ4v) is 4.54. The van der Waals surface area contributed by atoms with Gasteiger partial charge in [-0.25, -0.2) is 0 Å². The maximum atomic E-state index is 10.9. The van der Waals surface area contributed by atoms with Crippen molar-refractivity contribution in [3.8, 4) is 11.5 Å². The van der Waals surface area contributed by atoms with E-state index in [0.29, 0.717) is 5.75 Å². The van der Waals surface area contributed by atoms with E-state index < -0.39 is 8.32 Å². The molecule has 0 radical (unpaired) electrons. The molecule has 3 nitrogen and oxygen atoms in total. The second-order valence-corrected chi connectivity index (χ2v) is 9.11. The van der Waals surface area contributed by atoms with Crippen LogP contribution in [0.25, 0.3) is 0 Å². The Morgan fingerprint density at radius 1 is 1.11 bits per heavy atom. The van der Waals surface area contributed by atoms with Crippen molar-refractivity contribution in [2.45, 2.75) is 45.8 Å². The summed E-state index contributed by atoms with van der Waals surface area (Å²) in [6.45, 7) is 7.97. The lowest BCUT2D eigenvalue weighted by atomic mass is 10.3. The van der Waals surface area contributed by atoms with Crippen molar-refractivity contribution in [3.63, 3.8) is 0 Å². The largest absolute Gasteiger partial charge is 0.543 e. The molecule has 0 aromatic heterocycles. The van der Waals surface area contributed by atoms with Gasteiger partial charge in [0.25, 0.3) is 0 Å². The summed E-state index contributed by atoms with van der Waals surface area (Å²) in [5.74, 6) is 1.05. The summed E-state index contributed by atoms with van der Waals surface area (Å²) in [6.07, 6.45) is 0. The second-order valence-electron chi connectivity index (χ2n) is 4.41. The van der Waals surface area contributed by atoms with Crippen LogP contribution in [-0.4, -0.2) is 14.3 Å². The average molecular weight is 266 g/mol. The Morgan fingerprint density at radius 3 is 2.17 bits per heavy atom. The van der Waals surface area contributed by atoms with Gasteiger partial charge < -0.3 is 9.16 Å². The Morgan fingerprint density at radius 2 is 1.67 bits per heavy atom. The second kappa shape index (κ2) is 6.59. The summed E-state index contributed by atoms with van der Waals surface area (Å²) in [5, 5.41) is 0. The highest BCUT2D eigenvalue weighted by molar-refractivity contribution is 6.74. The van der Waals surface area contributed by atoms with Gasteiger partial charge in [0.1, 0.15) is 11.5 Å². The molecule has 1 aromatic rings. The lowest BCUT2D eigenvalue weighted by molar-refractivity contribution is -0.131. The van der Waals surface area contributed by atoms with Gasteiger partial charge in [0.15, 0.2) is 0 Å². The van der Waals surface area contributed by atoms with Crippen LogP contribution in [0.15, 0.2) is 24.3 Å². The SMILES string of the molecule is CC[Si](CC)(CC)Oc1cccc(OC(C)=O)c1. The van der Waals surface area contributed by atoms with Gasteiger partial charge in [0, 0.05) is 13.0 Å². The molecule has 18 heavy (non-hydrogen) atoms. The molecule has 0 heterocycles. The fraction of sp³-hybridized carbons (Fsp3) is 0.500. The molecule has 0 aliphatic heterocycles. The highest BCUT2D eigenvalue weighted by Gasteiger charge is 2.30. The Hall–Kier alpha value is -1.29. The van der Waals surface area contributed by atoms with Gasteiger partial charge in [-0.15, -0.1) is 0 Å². The number of hydrogen-bond donors (Lipinski definition) is 0. The summed E-state index contributed by atoms with van der Waals surface area (Å²) in [7, 11) is -1.66. The van der Waals surface area contributed by atoms with Crippen LogP contribution in [0.5, 0.6) is 11.5 Å². The first-order chi connectivity index (χ1) is 8.55. The molecule has 100 valence electrons. The Kier molecular flexibility index (Phi) is 5.41. The van der Waals surface area contributed by atoms with Crippen molar-refractivity contribution in [1.82, 2.24) is 0 Å². The van der Waals surface area contributed by atoms with E-state index in [1.54, 1.807) is 12.1 Å². The van der Waals surface area contributed by atoms with Crippen LogP contribution in [0, 0.1) is 0 Å². The van der Waals surface area contributed by atoms with Gasteiger partial charge >= 0.3 is 5.97 Å². The van der Waals surface area contributed by atoms with Crippen molar-refractivity contribution < 1.29 is 14.0 Å². The Bertz CT molecular complexity index is 392. The maximum absolute atomic E-state index is 10.9. The van der Waals surface area contributed by atoms with Gasteiger partial charge in [0.05, 0.1) is 0 Å². The molecular weight excluding hydrogens is 244 g/mol. The first kappa shape index (κ1) is 14.8. The van der Waals surface area contributed by atoms with Crippen LogP contribution in [-0.2, 0) is 4.79 Å². The van der Waals surface area contributed by atoms with Crippen molar-refractivity contribution in [1.29, 1.82) is 0 Å². The number of esters is 1. The van der Waals surface area contributed by atoms with Crippen molar-refractivity contribution in [2.24, 2.45) is 0 Å². The number of rotatable bonds is 6. The molecular formula is C14H22O3Si. The lowest BCUT2D eigenvalue weighted by Crippen LogP contribution is -2.39. The normalized spacial score (nSPS) is 11.1. The van der Waals surface area contributed by atoms with E-state index in [1.165, 1.54) is 6.92 Å². The molecule has 1 rings (SSSR count). The third-order valence-corrected chi connectivity index (χ3v) is 7.87. The van der Waals surface area contributed by atoms with E-state index in [9.17, 15) is 4.79 Å². The predicted molar refractivity (Wildman–Crippen MR) is 75.6 cm³/mol. The molecule has 4 heteroatoms. The molecule has 0 N–H and O–H groups in total. The molecule has 0 amide bonds. The third kappa shape index (κ3) is 3.87. The fourth-order valence-electron chi connectivity index (χ4n) is 1.98. The average Bonchev–Trinajstić information content (AvgIpc) is 2.36. The summed E-state index contributed by atoms with van der Waals surface area (Å²) >= 11 is 0. The smallest absolute Gasteiger partial charge is 0.308 e. The molecule has 0 aliphatic rings. The quantitative estimate of drug-likeness (QED) is 0.443. The summed E-state index contributed by atoms with van der Waals surface area (Å²) < 4.78 is 11.3. The number of carbonyl (C=O) groups is 1. The molecule has 0 saturated carbocycles. The van der Waals surface area contributed by atoms with Crippen LogP contribution in [0.2, 0.25) is 18.1 Å². The first-order valence-corrected chi connectivity index (χ1v) is 9.05. The molecule has 0 saturated heterocycles. The minimum absolute atomic E-state index is 0.308. The molecule has 0 bridgehead atoms. The molecule has 0 unspecified atom stereocenters. The number of hydrogen-bond acceptors (Lipinski definition) is 3. The highest BCUT2D eigenvalue weighted by atomic mass is 28.4. The van der Waals surface area contributed by atoms with E-state index in [4.69, 9.17) is 9.16 Å². The summed E-state index contributed by atoms with van der Waals surface area (Å²) in [5.41, 5.74) is 0. The van der Waals surface area contributed by atoms with Gasteiger partial charge in [-0.1, -0.05) is 26.8 Å². The van der Waals surface area contributed by atoms with E-state index in [-0.39, 0.29) is 5.97 Å². The zero-order valence-corrected chi connectivity index (χ0v) is 12.7. The Labute approximate surface area is 110 Å². The van der Waals surface area contributed by atoms with Crippen molar-refractivity contribution in [3.05, 3.63) is 24.3 Å². The minimum atomic E-state index is -1.66. The standard InChI is InChI=1S/C14H22O3Si/c1-5-18(6-2,7-3)17-14-10-8-9-13(11-14)16-12(4)15/h8-11H,5-7H2,1-4H3. The van der Waals surface area contributed by atoms with Gasteiger partial charge in [-0.3, -0.25) is 4.79 Å². The van der Waals surface area contributed by atoms with Crippen LogP contribution in [0.1, 0.15) is 27.7 Å². The maximum Gasteiger partial charge on any atom is 0.308 e. The molecule has 0 fully saturated rings. The topological polar surface area (TPSA) is 35.5 Å². The number of carbonyl (C=O) groups excluding carboxylic acids is 1. The molecule has 1 aromatic carbocycles. The zero-order valence-electron chi connectivity index (χ0n) is 11.7. The van der Waals surface area contributed by atoms with E-state index in [0.717, 1.165) is 23.9 Å². The Balaban J connectivity index is 2.86. The van der Waals surface area contributed by atoms with E-state index in [2.05, 4.69) is 20.8 Å².